The minimum atomic E-state index is 1.23. The standard InChI is InChI=1S/C10H12S.C2H6/c1-4-9-7-5-6-8(2)10(9)11-3;1-2/h4-7H,1H2,2-3H3;1-2H3. The van der Waals surface area contributed by atoms with Gasteiger partial charge >= 0.3 is 0 Å². The van der Waals surface area contributed by atoms with Crippen LogP contribution in [0.5, 0.6) is 0 Å². The molecule has 1 aromatic carbocycles. The molecule has 0 aliphatic carbocycles. The van der Waals surface area contributed by atoms with Crippen molar-refractivity contribution >= 4 is 17.8 Å². The zero-order valence-electron chi connectivity index (χ0n) is 8.92. The largest absolute Gasteiger partial charge is 0.129 e. The Morgan fingerprint density at radius 3 is 2.31 bits per heavy atom. The van der Waals surface area contributed by atoms with Gasteiger partial charge in [-0.2, -0.15) is 0 Å². The van der Waals surface area contributed by atoms with Crippen LogP contribution in [0.3, 0.4) is 0 Å². The lowest BCUT2D eigenvalue weighted by Gasteiger charge is -2.05. The van der Waals surface area contributed by atoms with Gasteiger partial charge in [-0.15, -0.1) is 11.8 Å². The molecule has 13 heavy (non-hydrogen) atoms. The fraction of sp³-hybridized carbons (Fsp3) is 0.333. The van der Waals surface area contributed by atoms with Crippen LogP contribution < -0.4 is 0 Å². The second kappa shape index (κ2) is 6.79. The summed E-state index contributed by atoms with van der Waals surface area (Å²) < 4.78 is 0. The molecule has 1 rings (SSSR count). The molecule has 0 N–H and O–H groups in total. The molecule has 0 aliphatic heterocycles. The van der Waals surface area contributed by atoms with Crippen LogP contribution in [0.4, 0.5) is 0 Å². The average molecular weight is 194 g/mol. The third kappa shape index (κ3) is 3.27. The minimum absolute atomic E-state index is 1.23. The molecule has 0 unspecified atom stereocenters. The molecule has 0 radical (unpaired) electrons. The molecule has 0 atom stereocenters. The van der Waals surface area contributed by atoms with E-state index in [0.29, 0.717) is 0 Å². The molecular formula is C12H18S. The lowest BCUT2D eigenvalue weighted by atomic mass is 10.1. The number of benzene rings is 1. The predicted octanol–water partition coefficient (Wildman–Crippen LogP) is 4.39. The Morgan fingerprint density at radius 1 is 1.31 bits per heavy atom. The van der Waals surface area contributed by atoms with Gasteiger partial charge in [-0.3, -0.25) is 0 Å². The fourth-order valence-electron chi connectivity index (χ4n) is 1.11. The molecule has 1 aromatic rings. The maximum absolute atomic E-state index is 3.77. The summed E-state index contributed by atoms with van der Waals surface area (Å²) in [5, 5.41) is 0. The van der Waals surface area contributed by atoms with E-state index in [4.69, 9.17) is 0 Å². The Kier molecular flexibility index (Phi) is 6.43. The first kappa shape index (κ1) is 12.3. The van der Waals surface area contributed by atoms with E-state index >= 15 is 0 Å². The Morgan fingerprint density at radius 2 is 1.92 bits per heavy atom. The van der Waals surface area contributed by atoms with Gasteiger partial charge in [0.1, 0.15) is 0 Å². The van der Waals surface area contributed by atoms with Crippen LogP contribution in [0.25, 0.3) is 6.08 Å². The highest BCUT2D eigenvalue weighted by atomic mass is 32.2. The maximum Gasteiger partial charge on any atom is 0.0171 e. The molecular weight excluding hydrogens is 176 g/mol. The molecule has 0 aromatic heterocycles. The molecule has 0 amide bonds. The normalized spacial score (nSPS) is 8.62. The van der Waals surface area contributed by atoms with Gasteiger partial charge in [0.15, 0.2) is 0 Å². The first-order valence-corrected chi connectivity index (χ1v) is 5.78. The summed E-state index contributed by atoms with van der Waals surface area (Å²) in [5.41, 5.74) is 2.56. The third-order valence-electron chi connectivity index (χ3n) is 1.67. The van der Waals surface area contributed by atoms with E-state index in [1.807, 2.05) is 19.9 Å². The molecule has 0 fully saturated rings. The van der Waals surface area contributed by atoms with Crippen LogP contribution in [0, 0.1) is 6.92 Å². The van der Waals surface area contributed by atoms with Gasteiger partial charge in [-0.25, -0.2) is 0 Å². The molecule has 0 heterocycles. The molecule has 0 aliphatic rings. The second-order valence-electron chi connectivity index (χ2n) is 2.40. The van der Waals surface area contributed by atoms with E-state index in [0.717, 1.165) is 0 Å². The number of hydrogen-bond acceptors (Lipinski definition) is 1. The SMILES string of the molecule is C=Cc1cccc(C)c1SC.CC. The summed E-state index contributed by atoms with van der Waals surface area (Å²) in [6, 6.07) is 6.27. The Labute approximate surface area is 86.1 Å². The van der Waals surface area contributed by atoms with Crippen molar-refractivity contribution in [3.05, 3.63) is 35.9 Å². The van der Waals surface area contributed by atoms with Crippen molar-refractivity contribution in [2.24, 2.45) is 0 Å². The van der Waals surface area contributed by atoms with Crippen molar-refractivity contribution in [2.45, 2.75) is 25.7 Å². The summed E-state index contributed by atoms with van der Waals surface area (Å²) in [4.78, 5) is 1.34. The van der Waals surface area contributed by atoms with Gasteiger partial charge in [0.2, 0.25) is 0 Å². The molecule has 1 heteroatoms. The quantitative estimate of drug-likeness (QED) is 0.629. The van der Waals surface area contributed by atoms with Crippen molar-refractivity contribution in [3.63, 3.8) is 0 Å². The van der Waals surface area contributed by atoms with Crippen LogP contribution >= 0.6 is 11.8 Å². The van der Waals surface area contributed by atoms with Crippen LogP contribution in [-0.4, -0.2) is 6.26 Å². The van der Waals surface area contributed by atoms with E-state index in [-0.39, 0.29) is 0 Å². The Balaban J connectivity index is 0.000000671. The smallest absolute Gasteiger partial charge is 0.0171 e. The highest BCUT2D eigenvalue weighted by Gasteiger charge is 1.99. The van der Waals surface area contributed by atoms with Gasteiger partial charge in [0, 0.05) is 4.90 Å². The summed E-state index contributed by atoms with van der Waals surface area (Å²) in [6.07, 6.45) is 3.99. The molecule has 72 valence electrons. The van der Waals surface area contributed by atoms with Gasteiger partial charge in [-0.05, 0) is 24.3 Å². The lowest BCUT2D eigenvalue weighted by Crippen LogP contribution is -1.82. The number of thioether (sulfide) groups is 1. The average Bonchev–Trinajstić information content (AvgIpc) is 2.20. The van der Waals surface area contributed by atoms with Crippen molar-refractivity contribution in [2.75, 3.05) is 6.26 Å². The number of aryl methyl sites for hydroxylation is 1. The van der Waals surface area contributed by atoms with E-state index in [9.17, 15) is 0 Å². The number of rotatable bonds is 2. The van der Waals surface area contributed by atoms with Crippen molar-refractivity contribution in [1.29, 1.82) is 0 Å². The van der Waals surface area contributed by atoms with E-state index in [1.54, 1.807) is 11.8 Å². The molecule has 0 saturated carbocycles. The summed E-state index contributed by atoms with van der Waals surface area (Å²) in [6.45, 7) is 9.89. The highest BCUT2D eigenvalue weighted by molar-refractivity contribution is 7.98. The van der Waals surface area contributed by atoms with Gasteiger partial charge in [-0.1, -0.05) is 44.7 Å². The second-order valence-corrected chi connectivity index (χ2v) is 3.22. The molecule has 0 nitrogen and oxygen atoms in total. The summed E-state index contributed by atoms with van der Waals surface area (Å²) in [7, 11) is 0. The third-order valence-corrected chi connectivity index (χ3v) is 2.63. The summed E-state index contributed by atoms with van der Waals surface area (Å²) >= 11 is 1.78. The predicted molar refractivity (Wildman–Crippen MR) is 64.4 cm³/mol. The molecule has 0 saturated heterocycles. The number of hydrogen-bond donors (Lipinski definition) is 0. The lowest BCUT2D eigenvalue weighted by molar-refractivity contribution is 1.29. The molecule has 0 bridgehead atoms. The summed E-state index contributed by atoms with van der Waals surface area (Å²) in [5.74, 6) is 0. The maximum atomic E-state index is 3.77. The van der Waals surface area contributed by atoms with Crippen LogP contribution in [0.15, 0.2) is 29.7 Å². The van der Waals surface area contributed by atoms with E-state index in [2.05, 4.69) is 38.0 Å². The van der Waals surface area contributed by atoms with Crippen LogP contribution in [0.2, 0.25) is 0 Å². The van der Waals surface area contributed by atoms with Gasteiger partial charge < -0.3 is 0 Å². The van der Waals surface area contributed by atoms with Crippen molar-refractivity contribution < 1.29 is 0 Å². The minimum Gasteiger partial charge on any atom is -0.129 e. The van der Waals surface area contributed by atoms with Crippen molar-refractivity contribution in [3.8, 4) is 0 Å². The first-order chi connectivity index (χ1) is 6.29. The Bertz CT molecular complexity index is 264. The Hall–Kier alpha value is -0.690. The van der Waals surface area contributed by atoms with E-state index < -0.39 is 0 Å². The van der Waals surface area contributed by atoms with E-state index in [1.165, 1.54) is 16.0 Å². The van der Waals surface area contributed by atoms with Gasteiger partial charge in [0.05, 0.1) is 0 Å². The first-order valence-electron chi connectivity index (χ1n) is 4.55. The fourth-order valence-corrected chi connectivity index (χ4v) is 1.89. The zero-order chi connectivity index (χ0) is 10.3. The zero-order valence-corrected chi connectivity index (χ0v) is 9.74. The van der Waals surface area contributed by atoms with Gasteiger partial charge in [0.25, 0.3) is 0 Å². The van der Waals surface area contributed by atoms with Crippen molar-refractivity contribution in [1.82, 2.24) is 0 Å². The monoisotopic (exact) mass is 194 g/mol. The molecule has 0 spiro atoms. The van der Waals surface area contributed by atoms with Crippen LogP contribution in [0.1, 0.15) is 25.0 Å². The highest BCUT2D eigenvalue weighted by Crippen LogP contribution is 2.24. The van der Waals surface area contributed by atoms with Crippen LogP contribution in [-0.2, 0) is 0 Å². The topological polar surface area (TPSA) is 0 Å².